The van der Waals surface area contributed by atoms with Gasteiger partial charge in [-0.2, -0.15) is 0 Å². The number of amides is 1. The Morgan fingerprint density at radius 2 is 1.62 bits per heavy atom. The second-order valence-corrected chi connectivity index (χ2v) is 7.36. The van der Waals surface area contributed by atoms with Crippen LogP contribution in [0, 0.1) is 0 Å². The summed E-state index contributed by atoms with van der Waals surface area (Å²) in [6.07, 6.45) is 1.10. The van der Waals surface area contributed by atoms with Crippen molar-refractivity contribution in [1.82, 2.24) is 0 Å². The lowest BCUT2D eigenvalue weighted by Crippen LogP contribution is -2.13. The molecule has 1 amide bonds. The highest BCUT2D eigenvalue weighted by Gasteiger charge is 2.14. The lowest BCUT2D eigenvalue weighted by molar-refractivity contribution is 0.102. The Kier molecular flexibility index (Phi) is 5.36. The van der Waals surface area contributed by atoms with E-state index in [4.69, 9.17) is 21.1 Å². The zero-order valence-electron chi connectivity index (χ0n) is 13.3. The van der Waals surface area contributed by atoms with Crippen molar-refractivity contribution < 1.29 is 22.7 Å². The molecule has 2 aromatic carbocycles. The van der Waals surface area contributed by atoms with Crippen molar-refractivity contribution in [3.05, 3.63) is 47.0 Å². The molecule has 1 N–H and O–H groups in total. The molecule has 0 spiro atoms. The number of hydrogen-bond donors (Lipinski definition) is 1. The van der Waals surface area contributed by atoms with Crippen molar-refractivity contribution in [2.75, 3.05) is 25.8 Å². The molecule has 0 fully saturated rings. The van der Waals surface area contributed by atoms with Crippen LogP contribution in [0.4, 0.5) is 5.69 Å². The maximum atomic E-state index is 12.3. The Labute approximate surface area is 145 Å². The molecule has 24 heavy (non-hydrogen) atoms. The second kappa shape index (κ2) is 7.11. The van der Waals surface area contributed by atoms with Gasteiger partial charge in [-0.05, 0) is 30.3 Å². The van der Waals surface area contributed by atoms with Crippen molar-refractivity contribution in [2.24, 2.45) is 0 Å². The van der Waals surface area contributed by atoms with Crippen LogP contribution in [-0.2, 0) is 9.84 Å². The lowest BCUT2D eigenvalue weighted by Gasteiger charge is -2.13. The zero-order chi connectivity index (χ0) is 17.9. The number of carbonyl (C=O) groups excluding carboxylic acids is 1. The van der Waals surface area contributed by atoms with Crippen molar-refractivity contribution in [3.8, 4) is 11.5 Å². The molecule has 0 heterocycles. The van der Waals surface area contributed by atoms with Gasteiger partial charge in [-0.25, -0.2) is 8.42 Å². The molecule has 0 bridgehead atoms. The van der Waals surface area contributed by atoms with Gasteiger partial charge in [-0.15, -0.1) is 0 Å². The van der Waals surface area contributed by atoms with Gasteiger partial charge in [0.05, 0.1) is 29.8 Å². The first-order valence-electron chi connectivity index (χ1n) is 6.79. The summed E-state index contributed by atoms with van der Waals surface area (Å²) in [5.74, 6) is 0.385. The summed E-state index contributed by atoms with van der Waals surface area (Å²) in [5, 5.41) is 3.00. The molecule has 2 rings (SSSR count). The highest BCUT2D eigenvalue weighted by Crippen LogP contribution is 2.36. The Morgan fingerprint density at radius 1 is 1.04 bits per heavy atom. The maximum Gasteiger partial charge on any atom is 0.255 e. The van der Waals surface area contributed by atoms with Crippen molar-refractivity contribution in [2.45, 2.75) is 4.90 Å². The fraction of sp³-hybridized carbons (Fsp3) is 0.188. The van der Waals surface area contributed by atoms with Gasteiger partial charge in [-0.3, -0.25) is 4.79 Å². The third-order valence-corrected chi connectivity index (χ3v) is 4.69. The fourth-order valence-corrected chi connectivity index (χ4v) is 2.88. The summed E-state index contributed by atoms with van der Waals surface area (Å²) in [6.45, 7) is 0. The average molecular weight is 370 g/mol. The molecule has 0 aromatic heterocycles. The topological polar surface area (TPSA) is 81.7 Å². The van der Waals surface area contributed by atoms with Crippen LogP contribution in [0.2, 0.25) is 5.02 Å². The number of anilines is 1. The van der Waals surface area contributed by atoms with E-state index in [2.05, 4.69) is 5.32 Å². The van der Waals surface area contributed by atoms with Gasteiger partial charge >= 0.3 is 0 Å². The second-order valence-electron chi connectivity index (χ2n) is 4.94. The number of sulfone groups is 1. The number of ether oxygens (including phenoxy) is 2. The van der Waals surface area contributed by atoms with Crippen LogP contribution < -0.4 is 14.8 Å². The molecule has 0 saturated carbocycles. The monoisotopic (exact) mass is 369 g/mol. The van der Waals surface area contributed by atoms with E-state index in [0.29, 0.717) is 27.8 Å². The molecule has 0 saturated heterocycles. The Morgan fingerprint density at radius 3 is 2.12 bits per heavy atom. The predicted molar refractivity (Wildman–Crippen MR) is 92.1 cm³/mol. The van der Waals surface area contributed by atoms with Gasteiger partial charge in [0.1, 0.15) is 11.5 Å². The van der Waals surface area contributed by atoms with Gasteiger partial charge in [0.15, 0.2) is 9.84 Å². The fourth-order valence-electron chi connectivity index (χ4n) is 2.01. The smallest absolute Gasteiger partial charge is 0.255 e. The van der Waals surface area contributed by atoms with E-state index in [9.17, 15) is 13.2 Å². The van der Waals surface area contributed by atoms with Crippen molar-refractivity contribution in [1.29, 1.82) is 0 Å². The van der Waals surface area contributed by atoms with E-state index >= 15 is 0 Å². The maximum absolute atomic E-state index is 12.3. The third kappa shape index (κ3) is 3.98. The highest BCUT2D eigenvalue weighted by atomic mass is 35.5. The normalized spacial score (nSPS) is 11.0. The average Bonchev–Trinajstić information content (AvgIpc) is 2.54. The van der Waals surface area contributed by atoms with Crippen LogP contribution in [0.3, 0.4) is 0 Å². The minimum Gasteiger partial charge on any atom is -0.495 e. The van der Waals surface area contributed by atoms with Crippen LogP contribution in [0.1, 0.15) is 10.4 Å². The van der Waals surface area contributed by atoms with Crippen LogP contribution in [-0.4, -0.2) is 34.8 Å². The van der Waals surface area contributed by atoms with Crippen LogP contribution in [0.15, 0.2) is 41.3 Å². The van der Waals surface area contributed by atoms with Gasteiger partial charge in [0, 0.05) is 17.9 Å². The number of benzene rings is 2. The zero-order valence-corrected chi connectivity index (χ0v) is 14.9. The molecule has 0 aliphatic heterocycles. The number of rotatable bonds is 5. The van der Waals surface area contributed by atoms with Gasteiger partial charge in [0.25, 0.3) is 5.91 Å². The van der Waals surface area contributed by atoms with Crippen molar-refractivity contribution >= 4 is 33.0 Å². The first-order chi connectivity index (χ1) is 11.3. The SMILES string of the molecule is COc1cc(OC)c(NC(=O)c2ccc(S(C)(=O)=O)cc2)cc1Cl. The number of carbonyl (C=O) groups is 1. The summed E-state index contributed by atoms with van der Waals surface area (Å²) < 4.78 is 33.2. The van der Waals surface area contributed by atoms with E-state index in [1.54, 1.807) is 6.07 Å². The number of methoxy groups -OCH3 is 2. The summed E-state index contributed by atoms with van der Waals surface area (Å²) >= 11 is 6.06. The molecular formula is C16H16ClNO5S. The molecule has 0 aliphatic carbocycles. The first-order valence-corrected chi connectivity index (χ1v) is 9.06. The summed E-state index contributed by atoms with van der Waals surface area (Å²) in [4.78, 5) is 12.5. The lowest BCUT2D eigenvalue weighted by atomic mass is 10.2. The van der Waals surface area contributed by atoms with Crippen molar-refractivity contribution in [3.63, 3.8) is 0 Å². The molecule has 8 heteroatoms. The van der Waals surface area contributed by atoms with Crippen LogP contribution >= 0.6 is 11.6 Å². The first kappa shape index (κ1) is 18.1. The van der Waals surface area contributed by atoms with E-state index < -0.39 is 15.7 Å². The van der Waals surface area contributed by atoms with E-state index in [1.807, 2.05) is 0 Å². The van der Waals surface area contributed by atoms with E-state index in [1.165, 1.54) is 44.6 Å². The van der Waals surface area contributed by atoms with Gasteiger partial charge < -0.3 is 14.8 Å². The largest absolute Gasteiger partial charge is 0.495 e. The molecule has 0 aliphatic rings. The quantitative estimate of drug-likeness (QED) is 0.876. The number of nitrogens with one attached hydrogen (secondary N) is 1. The Bertz CT molecular complexity index is 863. The molecule has 6 nitrogen and oxygen atoms in total. The standard InChI is InChI=1S/C16H16ClNO5S/c1-22-14-9-15(23-2)13(8-12(14)17)18-16(19)10-4-6-11(7-5-10)24(3,20)21/h4-9H,1-3H3,(H,18,19). The molecule has 128 valence electrons. The minimum atomic E-state index is -3.31. The van der Waals surface area contributed by atoms with E-state index in [-0.39, 0.29) is 4.90 Å². The third-order valence-electron chi connectivity index (χ3n) is 3.27. The molecule has 0 radical (unpaired) electrons. The summed E-state index contributed by atoms with van der Waals surface area (Å²) in [7, 11) is -0.379. The van der Waals surface area contributed by atoms with Crippen LogP contribution in [0.25, 0.3) is 0 Å². The van der Waals surface area contributed by atoms with Gasteiger partial charge in [0.2, 0.25) is 0 Å². The predicted octanol–water partition coefficient (Wildman–Crippen LogP) is 3.01. The molecule has 2 aromatic rings. The molecule has 0 atom stereocenters. The van der Waals surface area contributed by atoms with Crippen LogP contribution in [0.5, 0.6) is 11.5 Å². The number of halogens is 1. The molecular weight excluding hydrogens is 354 g/mol. The molecule has 0 unspecified atom stereocenters. The van der Waals surface area contributed by atoms with Gasteiger partial charge in [-0.1, -0.05) is 11.6 Å². The Hall–Kier alpha value is -2.25. The summed E-state index contributed by atoms with van der Waals surface area (Å²) in [6, 6.07) is 8.70. The Balaban J connectivity index is 2.28. The minimum absolute atomic E-state index is 0.143. The number of hydrogen-bond acceptors (Lipinski definition) is 5. The summed E-state index contributed by atoms with van der Waals surface area (Å²) in [5.41, 5.74) is 0.678. The van der Waals surface area contributed by atoms with E-state index in [0.717, 1.165) is 6.26 Å². The highest BCUT2D eigenvalue weighted by molar-refractivity contribution is 7.90.